The van der Waals surface area contributed by atoms with E-state index in [0.29, 0.717) is 28.8 Å². The molecule has 1 fully saturated rings. The molecule has 0 aliphatic heterocycles. The number of rotatable bonds is 6. The summed E-state index contributed by atoms with van der Waals surface area (Å²) in [5, 5.41) is 3.11. The van der Waals surface area contributed by atoms with Gasteiger partial charge in [-0.05, 0) is 60.7 Å². The van der Waals surface area contributed by atoms with Gasteiger partial charge in [0.05, 0.1) is 17.7 Å². The van der Waals surface area contributed by atoms with Gasteiger partial charge in [0.2, 0.25) is 0 Å². The molecular weight excluding hydrogens is 400 g/mol. The molecule has 7 heteroatoms. The Kier molecular flexibility index (Phi) is 6.71. The predicted molar refractivity (Wildman–Crippen MR) is 118 cm³/mol. The van der Waals surface area contributed by atoms with Crippen molar-refractivity contribution in [2.45, 2.75) is 44.0 Å². The van der Waals surface area contributed by atoms with Crippen LogP contribution in [0.2, 0.25) is 0 Å². The Bertz CT molecular complexity index is 989. The third-order valence-corrected chi connectivity index (χ3v) is 8.00. The van der Waals surface area contributed by atoms with E-state index in [1.807, 2.05) is 0 Å². The molecule has 0 heterocycles. The normalized spacial score (nSPS) is 21.7. The molecule has 3 rings (SSSR count). The number of sulfonamides is 1. The van der Waals surface area contributed by atoms with Gasteiger partial charge in [-0.15, -0.1) is 0 Å². The van der Waals surface area contributed by atoms with Crippen LogP contribution in [0.15, 0.2) is 53.4 Å². The minimum absolute atomic E-state index is 0.0820. The number of ether oxygens (including phenoxy) is 1. The Labute approximate surface area is 179 Å². The number of anilines is 1. The number of nitrogens with one attached hydrogen (secondary N) is 1. The molecule has 0 saturated heterocycles. The second kappa shape index (κ2) is 9.08. The first-order valence-electron chi connectivity index (χ1n) is 10.3. The maximum absolute atomic E-state index is 13.1. The summed E-state index contributed by atoms with van der Waals surface area (Å²) < 4.78 is 32.5. The standard InChI is InChI=1S/C23H30N2O4S/c1-16-7-5-10-22(17(16)2)24-23(26)18-8-6-9-21(15-18)30(27,28)25(3)19-11-13-20(29-4)14-12-19/h6,8-9,11-17,22H,5,7,10H2,1-4H3,(H,24,26)/t16-,17+,22+/m1/s1. The smallest absolute Gasteiger partial charge is 0.264 e. The molecule has 2 aromatic rings. The SMILES string of the molecule is COc1ccc(N(C)S(=O)(=O)c2cccc(C(=O)N[C@H]3CCC[C@@H](C)[C@@H]3C)c2)cc1. The van der Waals surface area contributed by atoms with Crippen LogP contribution in [0.1, 0.15) is 43.5 Å². The van der Waals surface area contributed by atoms with Crippen LogP contribution in [0.5, 0.6) is 5.75 Å². The van der Waals surface area contributed by atoms with Gasteiger partial charge in [0.1, 0.15) is 5.75 Å². The Balaban J connectivity index is 1.80. The molecule has 0 radical (unpaired) electrons. The van der Waals surface area contributed by atoms with Crippen molar-refractivity contribution in [1.29, 1.82) is 0 Å². The summed E-state index contributed by atoms with van der Waals surface area (Å²) in [6.07, 6.45) is 3.23. The first kappa shape index (κ1) is 22.2. The molecule has 1 aliphatic carbocycles. The third kappa shape index (κ3) is 4.61. The van der Waals surface area contributed by atoms with Crippen LogP contribution in [0.3, 0.4) is 0 Å². The van der Waals surface area contributed by atoms with Gasteiger partial charge in [0.15, 0.2) is 0 Å². The zero-order valence-electron chi connectivity index (χ0n) is 18.0. The van der Waals surface area contributed by atoms with Gasteiger partial charge in [-0.2, -0.15) is 0 Å². The van der Waals surface area contributed by atoms with Crippen LogP contribution >= 0.6 is 0 Å². The van der Waals surface area contributed by atoms with E-state index in [4.69, 9.17) is 4.74 Å². The summed E-state index contributed by atoms with van der Waals surface area (Å²) in [5.41, 5.74) is 0.861. The molecule has 0 spiro atoms. The van der Waals surface area contributed by atoms with Gasteiger partial charge in [0, 0.05) is 18.7 Å². The minimum Gasteiger partial charge on any atom is -0.497 e. The van der Waals surface area contributed by atoms with Gasteiger partial charge >= 0.3 is 0 Å². The van der Waals surface area contributed by atoms with E-state index in [1.54, 1.807) is 43.5 Å². The maximum atomic E-state index is 13.1. The highest BCUT2D eigenvalue weighted by atomic mass is 32.2. The van der Waals surface area contributed by atoms with E-state index in [2.05, 4.69) is 19.2 Å². The van der Waals surface area contributed by atoms with Gasteiger partial charge in [0.25, 0.3) is 15.9 Å². The molecule has 1 saturated carbocycles. The number of benzene rings is 2. The van der Waals surface area contributed by atoms with Crippen molar-refractivity contribution < 1.29 is 17.9 Å². The topological polar surface area (TPSA) is 75.7 Å². The number of hydrogen-bond acceptors (Lipinski definition) is 4. The van der Waals surface area contributed by atoms with Crippen molar-refractivity contribution in [3.8, 4) is 5.75 Å². The fraction of sp³-hybridized carbons (Fsp3) is 0.435. The zero-order valence-corrected chi connectivity index (χ0v) is 18.8. The van der Waals surface area contributed by atoms with Crippen molar-refractivity contribution in [2.24, 2.45) is 11.8 Å². The summed E-state index contributed by atoms with van der Waals surface area (Å²) in [6, 6.07) is 13.1. The van der Waals surface area contributed by atoms with Crippen LogP contribution in [0, 0.1) is 11.8 Å². The average Bonchev–Trinajstić information content (AvgIpc) is 2.76. The number of nitrogens with zero attached hydrogens (tertiary/aromatic N) is 1. The lowest BCUT2D eigenvalue weighted by atomic mass is 9.78. The molecule has 2 aromatic carbocycles. The second-order valence-corrected chi connectivity index (χ2v) is 10.0. The first-order valence-corrected chi connectivity index (χ1v) is 11.7. The number of hydrogen-bond donors (Lipinski definition) is 1. The van der Waals surface area contributed by atoms with Gasteiger partial charge in [-0.1, -0.05) is 32.8 Å². The Morgan fingerprint density at radius 2 is 1.80 bits per heavy atom. The summed E-state index contributed by atoms with van der Waals surface area (Å²) in [7, 11) is -0.756. The first-order chi connectivity index (χ1) is 14.2. The number of amides is 1. The van der Waals surface area contributed by atoms with Crippen LogP contribution in [-0.2, 0) is 10.0 Å². The van der Waals surface area contributed by atoms with E-state index in [-0.39, 0.29) is 16.8 Å². The fourth-order valence-corrected chi connectivity index (χ4v) is 5.17. The third-order valence-electron chi connectivity index (χ3n) is 6.21. The largest absolute Gasteiger partial charge is 0.497 e. The molecule has 6 nitrogen and oxygen atoms in total. The summed E-state index contributed by atoms with van der Waals surface area (Å²) in [6.45, 7) is 4.38. The van der Waals surface area contributed by atoms with Crippen LogP contribution in [-0.4, -0.2) is 34.5 Å². The quantitative estimate of drug-likeness (QED) is 0.749. The molecule has 162 valence electrons. The Hall–Kier alpha value is -2.54. The minimum atomic E-state index is -3.81. The van der Waals surface area contributed by atoms with Gasteiger partial charge in [-0.25, -0.2) is 8.42 Å². The van der Waals surface area contributed by atoms with Crippen molar-refractivity contribution in [3.05, 3.63) is 54.1 Å². The highest BCUT2D eigenvalue weighted by molar-refractivity contribution is 7.92. The average molecular weight is 431 g/mol. The second-order valence-electron chi connectivity index (χ2n) is 8.05. The maximum Gasteiger partial charge on any atom is 0.264 e. The van der Waals surface area contributed by atoms with E-state index in [9.17, 15) is 13.2 Å². The molecular formula is C23H30N2O4S. The van der Waals surface area contributed by atoms with E-state index < -0.39 is 10.0 Å². The van der Waals surface area contributed by atoms with Crippen LogP contribution in [0.25, 0.3) is 0 Å². The number of carbonyl (C=O) groups excluding carboxylic acids is 1. The van der Waals surface area contributed by atoms with Crippen molar-refractivity contribution in [3.63, 3.8) is 0 Å². The van der Waals surface area contributed by atoms with E-state index in [1.165, 1.54) is 29.9 Å². The number of methoxy groups -OCH3 is 1. The summed E-state index contributed by atoms with van der Waals surface area (Å²) in [4.78, 5) is 12.9. The molecule has 1 N–H and O–H groups in total. The highest BCUT2D eigenvalue weighted by Gasteiger charge is 2.29. The molecule has 3 atom stereocenters. The number of carbonyl (C=O) groups is 1. The molecule has 0 aromatic heterocycles. The summed E-state index contributed by atoms with van der Waals surface area (Å²) >= 11 is 0. The van der Waals surface area contributed by atoms with E-state index >= 15 is 0 Å². The van der Waals surface area contributed by atoms with Gasteiger partial charge in [-0.3, -0.25) is 9.10 Å². The van der Waals surface area contributed by atoms with Crippen LogP contribution in [0.4, 0.5) is 5.69 Å². The monoisotopic (exact) mass is 430 g/mol. The van der Waals surface area contributed by atoms with Crippen molar-refractivity contribution in [2.75, 3.05) is 18.5 Å². The molecule has 30 heavy (non-hydrogen) atoms. The highest BCUT2D eigenvalue weighted by Crippen LogP contribution is 2.30. The van der Waals surface area contributed by atoms with Gasteiger partial charge < -0.3 is 10.1 Å². The molecule has 1 amide bonds. The Morgan fingerprint density at radius 1 is 1.10 bits per heavy atom. The zero-order chi connectivity index (χ0) is 21.9. The molecule has 0 unspecified atom stereocenters. The lowest BCUT2D eigenvalue weighted by Crippen LogP contribution is -2.43. The predicted octanol–water partition coefficient (Wildman–Crippen LogP) is 4.07. The Morgan fingerprint density at radius 3 is 2.47 bits per heavy atom. The fourth-order valence-electron chi connectivity index (χ4n) is 3.92. The molecule has 0 bridgehead atoms. The lowest BCUT2D eigenvalue weighted by molar-refractivity contribution is 0.0891. The van der Waals surface area contributed by atoms with Crippen LogP contribution < -0.4 is 14.4 Å². The summed E-state index contributed by atoms with van der Waals surface area (Å²) in [5.74, 6) is 1.38. The molecule has 1 aliphatic rings. The van der Waals surface area contributed by atoms with Crippen molar-refractivity contribution >= 4 is 21.6 Å². The van der Waals surface area contributed by atoms with E-state index in [0.717, 1.165) is 12.8 Å². The lowest BCUT2D eigenvalue weighted by Gasteiger charge is -2.34. The van der Waals surface area contributed by atoms with Crippen molar-refractivity contribution in [1.82, 2.24) is 5.32 Å².